The molecule has 8 nitrogen and oxygen atoms in total. The number of hydrazine groups is 1. The van der Waals surface area contributed by atoms with E-state index in [1.807, 2.05) is 42.7 Å². The Kier molecular flexibility index (Phi) is 4.86. The van der Waals surface area contributed by atoms with Gasteiger partial charge in [0.05, 0.1) is 23.8 Å². The van der Waals surface area contributed by atoms with Crippen molar-refractivity contribution in [3.8, 4) is 0 Å². The van der Waals surface area contributed by atoms with E-state index in [0.717, 1.165) is 36.5 Å². The van der Waals surface area contributed by atoms with Crippen molar-refractivity contribution in [3.05, 3.63) is 54.3 Å². The monoisotopic (exact) mass is 364 g/mol. The topological polar surface area (TPSA) is 90.9 Å². The summed E-state index contributed by atoms with van der Waals surface area (Å²) in [6.07, 6.45) is 12.7. The number of allylic oxidation sites excluding steroid dienone is 2. The highest BCUT2D eigenvalue weighted by Crippen LogP contribution is 2.25. The largest absolute Gasteiger partial charge is 0.367 e. The molecule has 1 fully saturated rings. The fourth-order valence-electron chi connectivity index (χ4n) is 3.33. The molecule has 0 amide bonds. The van der Waals surface area contributed by atoms with Crippen LogP contribution >= 0.6 is 0 Å². The molecule has 1 aliphatic heterocycles. The second-order valence-corrected chi connectivity index (χ2v) is 7.03. The first-order valence-corrected chi connectivity index (χ1v) is 9.21. The van der Waals surface area contributed by atoms with E-state index in [-0.39, 0.29) is 0 Å². The van der Waals surface area contributed by atoms with Crippen LogP contribution in [-0.2, 0) is 0 Å². The smallest absolute Gasteiger partial charge is 0.242 e. The van der Waals surface area contributed by atoms with Gasteiger partial charge in [-0.25, -0.2) is 9.97 Å². The van der Waals surface area contributed by atoms with Crippen molar-refractivity contribution in [2.45, 2.75) is 45.2 Å². The highest BCUT2D eigenvalue weighted by Gasteiger charge is 2.25. The number of pyridine rings is 1. The molecule has 1 aliphatic carbocycles. The molecular weight excluding hydrogens is 340 g/mol. The van der Waals surface area contributed by atoms with Crippen molar-refractivity contribution < 1.29 is 0 Å². The molecule has 4 rings (SSSR count). The minimum Gasteiger partial charge on any atom is -0.367 e. The molecule has 0 aromatic carbocycles. The fourth-order valence-corrected chi connectivity index (χ4v) is 3.33. The summed E-state index contributed by atoms with van der Waals surface area (Å²) in [5.41, 5.74) is 6.19. The molecule has 8 heteroatoms. The molecule has 2 aliphatic rings. The predicted octanol–water partition coefficient (Wildman–Crippen LogP) is 2.76. The highest BCUT2D eigenvalue weighted by atomic mass is 15.5. The lowest BCUT2D eigenvalue weighted by Crippen LogP contribution is -2.31. The van der Waals surface area contributed by atoms with E-state index in [4.69, 9.17) is 0 Å². The van der Waals surface area contributed by atoms with E-state index in [0.29, 0.717) is 18.0 Å². The number of aromatic nitrogens is 4. The zero-order valence-electron chi connectivity index (χ0n) is 15.6. The van der Waals surface area contributed by atoms with Crippen LogP contribution in [-0.4, -0.2) is 32.2 Å². The van der Waals surface area contributed by atoms with Crippen LogP contribution in [0.5, 0.6) is 0 Å². The maximum Gasteiger partial charge on any atom is 0.242 e. The number of nitrogens with one attached hydrogen (secondary N) is 3. The summed E-state index contributed by atoms with van der Waals surface area (Å²) in [4.78, 5) is 8.83. The quantitative estimate of drug-likeness (QED) is 0.746. The van der Waals surface area contributed by atoms with Gasteiger partial charge in [0.25, 0.3) is 0 Å². The van der Waals surface area contributed by atoms with Crippen LogP contribution in [0.1, 0.15) is 31.9 Å². The Morgan fingerprint density at radius 3 is 2.59 bits per heavy atom. The van der Waals surface area contributed by atoms with Gasteiger partial charge in [-0.1, -0.05) is 0 Å². The normalized spacial score (nSPS) is 21.6. The van der Waals surface area contributed by atoms with Gasteiger partial charge >= 0.3 is 0 Å². The van der Waals surface area contributed by atoms with Crippen molar-refractivity contribution in [3.63, 3.8) is 0 Å². The molecule has 0 bridgehead atoms. The van der Waals surface area contributed by atoms with Gasteiger partial charge in [-0.15, -0.1) is 5.10 Å². The van der Waals surface area contributed by atoms with Gasteiger partial charge in [0.2, 0.25) is 5.95 Å². The van der Waals surface area contributed by atoms with E-state index < -0.39 is 0 Å². The number of rotatable bonds is 5. The van der Waals surface area contributed by atoms with Crippen LogP contribution in [0.2, 0.25) is 0 Å². The van der Waals surface area contributed by atoms with Crippen LogP contribution < -0.4 is 21.1 Å². The van der Waals surface area contributed by atoms with Gasteiger partial charge in [-0.05, 0) is 56.9 Å². The van der Waals surface area contributed by atoms with Gasteiger partial charge < -0.3 is 16.1 Å². The Balaban J connectivity index is 1.31. The molecule has 0 radical (unpaired) electrons. The summed E-state index contributed by atoms with van der Waals surface area (Å²) in [6, 6.07) is 4.81. The van der Waals surface area contributed by atoms with Crippen molar-refractivity contribution in [1.82, 2.24) is 25.6 Å². The number of nitrogens with zero attached hydrogens (tertiary/aromatic N) is 5. The summed E-state index contributed by atoms with van der Waals surface area (Å²) >= 11 is 0. The molecule has 0 spiro atoms. The van der Waals surface area contributed by atoms with Gasteiger partial charge in [-0.3, -0.25) is 5.01 Å². The Morgan fingerprint density at radius 2 is 1.89 bits per heavy atom. The SMILES string of the molecule is CC1=CN(c2ccc(N[C@H]3CC[C@H](Nc4ncc(C)nn4)C3)nc2)NC=C1. The van der Waals surface area contributed by atoms with Crippen LogP contribution in [0.4, 0.5) is 17.5 Å². The number of anilines is 3. The predicted molar refractivity (Wildman–Crippen MR) is 106 cm³/mol. The van der Waals surface area contributed by atoms with Crippen LogP contribution in [0.3, 0.4) is 0 Å². The van der Waals surface area contributed by atoms with Crippen molar-refractivity contribution >= 4 is 17.5 Å². The molecule has 2 aromatic heterocycles. The molecular formula is C19H24N8. The third-order valence-electron chi connectivity index (χ3n) is 4.71. The van der Waals surface area contributed by atoms with E-state index >= 15 is 0 Å². The Morgan fingerprint density at radius 1 is 1.04 bits per heavy atom. The first-order valence-electron chi connectivity index (χ1n) is 9.21. The molecule has 0 saturated heterocycles. The van der Waals surface area contributed by atoms with Crippen molar-refractivity contribution in [2.24, 2.45) is 0 Å². The molecule has 0 unspecified atom stereocenters. The average Bonchev–Trinajstić information content (AvgIpc) is 3.11. The third kappa shape index (κ3) is 4.33. The van der Waals surface area contributed by atoms with Gasteiger partial charge in [0.15, 0.2) is 0 Å². The lowest BCUT2D eigenvalue weighted by molar-refractivity contribution is 0.712. The Labute approximate surface area is 158 Å². The van der Waals surface area contributed by atoms with Gasteiger partial charge in [0, 0.05) is 24.5 Å². The first kappa shape index (κ1) is 17.3. The van der Waals surface area contributed by atoms with E-state index in [9.17, 15) is 0 Å². The summed E-state index contributed by atoms with van der Waals surface area (Å²) in [5.74, 6) is 1.49. The molecule has 2 atom stereocenters. The number of hydrogen-bond donors (Lipinski definition) is 3. The van der Waals surface area contributed by atoms with Crippen molar-refractivity contribution in [1.29, 1.82) is 0 Å². The second kappa shape index (κ2) is 7.61. The van der Waals surface area contributed by atoms with Crippen LogP contribution in [0.15, 0.2) is 48.6 Å². The molecule has 140 valence electrons. The van der Waals surface area contributed by atoms with Crippen molar-refractivity contribution in [2.75, 3.05) is 15.6 Å². The van der Waals surface area contributed by atoms with Crippen LogP contribution in [0, 0.1) is 6.92 Å². The zero-order valence-corrected chi connectivity index (χ0v) is 15.6. The Bertz CT molecular complexity index is 828. The molecule has 3 N–H and O–H groups in total. The molecule has 3 heterocycles. The minimum atomic E-state index is 0.351. The number of aryl methyl sites for hydroxylation is 1. The maximum absolute atomic E-state index is 4.56. The lowest BCUT2D eigenvalue weighted by Gasteiger charge is -2.23. The minimum absolute atomic E-state index is 0.351. The lowest BCUT2D eigenvalue weighted by atomic mass is 10.2. The summed E-state index contributed by atoms with van der Waals surface area (Å²) in [6.45, 7) is 3.95. The third-order valence-corrected chi connectivity index (χ3v) is 4.71. The van der Waals surface area contributed by atoms with Crippen LogP contribution in [0.25, 0.3) is 0 Å². The van der Waals surface area contributed by atoms with E-state index in [1.165, 1.54) is 5.57 Å². The number of hydrogen-bond acceptors (Lipinski definition) is 8. The van der Waals surface area contributed by atoms with Gasteiger partial charge in [-0.2, -0.15) is 5.10 Å². The standard InChI is InChI=1S/C19H24N8/c1-13-7-8-22-27(12-13)17-5-6-18(20-11-17)23-15-3-4-16(9-15)24-19-21-10-14(2)25-26-19/h5-8,10-12,15-16,22H,3-4,9H2,1-2H3,(H,20,23)(H,21,24,26)/t15-,16-/m0/s1. The average molecular weight is 364 g/mol. The second-order valence-electron chi connectivity index (χ2n) is 7.03. The molecule has 27 heavy (non-hydrogen) atoms. The molecule has 1 saturated carbocycles. The highest BCUT2D eigenvalue weighted by molar-refractivity contribution is 5.52. The zero-order chi connectivity index (χ0) is 18.6. The first-order chi connectivity index (χ1) is 13.2. The summed E-state index contributed by atoms with van der Waals surface area (Å²) in [7, 11) is 0. The summed E-state index contributed by atoms with van der Waals surface area (Å²) < 4.78 is 0. The molecule has 2 aromatic rings. The fraction of sp³-hybridized carbons (Fsp3) is 0.368. The Hall–Kier alpha value is -3.16. The van der Waals surface area contributed by atoms with E-state index in [2.05, 4.69) is 49.2 Å². The summed E-state index contributed by atoms with van der Waals surface area (Å²) in [5, 5.41) is 17.0. The van der Waals surface area contributed by atoms with E-state index in [1.54, 1.807) is 6.20 Å². The maximum atomic E-state index is 4.56. The van der Waals surface area contributed by atoms with Gasteiger partial charge in [0.1, 0.15) is 5.82 Å².